The first-order valence-electron chi connectivity index (χ1n) is 5.17. The summed E-state index contributed by atoms with van der Waals surface area (Å²) < 4.78 is 32.7. The normalized spacial score (nSPS) is 21.7. The molecule has 0 aromatic heterocycles. The molecule has 2 rings (SSSR count). The summed E-state index contributed by atoms with van der Waals surface area (Å²) in [4.78, 5) is 14.3. The van der Waals surface area contributed by atoms with Gasteiger partial charge >= 0.3 is 12.1 Å². The van der Waals surface area contributed by atoms with E-state index >= 15 is 0 Å². The van der Waals surface area contributed by atoms with Crippen LogP contribution >= 0.6 is 15.9 Å². The van der Waals surface area contributed by atoms with Crippen LogP contribution in [0.1, 0.15) is 19.3 Å². The number of alkyl halides is 3. The van der Waals surface area contributed by atoms with E-state index in [1.54, 1.807) is 0 Å². The predicted molar refractivity (Wildman–Crippen MR) is 60.6 cm³/mol. The van der Waals surface area contributed by atoms with Crippen molar-refractivity contribution in [2.75, 3.05) is 13.1 Å². The van der Waals surface area contributed by atoms with Crippen LogP contribution in [0.2, 0.25) is 0 Å². The van der Waals surface area contributed by atoms with Gasteiger partial charge in [-0.3, -0.25) is 0 Å². The zero-order chi connectivity index (χ0) is 13.8. The van der Waals surface area contributed by atoms with E-state index in [4.69, 9.17) is 14.7 Å². The topological polar surface area (TPSA) is 70.9 Å². The Morgan fingerprint density at radius 3 is 2.28 bits per heavy atom. The number of oxime groups is 1. The third-order valence-corrected chi connectivity index (χ3v) is 2.99. The number of nitrogens with one attached hydrogen (secondary N) is 1. The summed E-state index contributed by atoms with van der Waals surface area (Å²) in [6, 6.07) is 0. The second-order valence-electron chi connectivity index (χ2n) is 3.97. The first kappa shape index (κ1) is 15.2. The lowest BCUT2D eigenvalue weighted by Gasteiger charge is -2.30. The molecule has 2 aliphatic rings. The van der Waals surface area contributed by atoms with E-state index in [-0.39, 0.29) is 5.60 Å². The van der Waals surface area contributed by atoms with Crippen molar-refractivity contribution >= 4 is 26.5 Å². The maximum atomic E-state index is 10.6. The average Bonchev–Trinajstić information content (AvgIpc) is 2.60. The van der Waals surface area contributed by atoms with E-state index in [9.17, 15) is 13.2 Å². The summed E-state index contributed by atoms with van der Waals surface area (Å²) in [5.41, 5.74) is 0.0318. The van der Waals surface area contributed by atoms with Gasteiger partial charge in [0, 0.05) is 19.3 Å². The molecule has 0 aromatic carbocycles. The highest BCUT2D eigenvalue weighted by molar-refractivity contribution is 9.18. The lowest BCUT2D eigenvalue weighted by Crippen LogP contribution is -2.41. The Morgan fingerprint density at radius 1 is 1.44 bits per heavy atom. The summed E-state index contributed by atoms with van der Waals surface area (Å²) in [5.74, 6) is -2.76. The minimum absolute atomic E-state index is 0.0318. The maximum Gasteiger partial charge on any atom is 0.490 e. The molecule has 0 bridgehead atoms. The van der Waals surface area contributed by atoms with Gasteiger partial charge in [0.25, 0.3) is 0 Å². The first-order chi connectivity index (χ1) is 8.25. The Balaban J connectivity index is 0.000000203. The molecular weight excluding hydrogens is 321 g/mol. The highest BCUT2D eigenvalue weighted by atomic mass is 79.9. The fourth-order valence-corrected chi connectivity index (χ4v) is 2.21. The van der Waals surface area contributed by atoms with E-state index in [2.05, 4.69) is 26.4 Å². The zero-order valence-electron chi connectivity index (χ0n) is 9.26. The molecule has 0 aliphatic carbocycles. The molecule has 1 spiro atoms. The number of carboxylic acids is 1. The summed E-state index contributed by atoms with van der Waals surface area (Å²) >= 11 is 3.35. The van der Waals surface area contributed by atoms with E-state index in [1.165, 1.54) is 0 Å². The minimum Gasteiger partial charge on any atom is -0.475 e. The molecule has 2 N–H and O–H groups in total. The second-order valence-corrected chi connectivity index (χ2v) is 4.89. The number of carbonyl (C=O) groups is 1. The number of halogens is 4. The van der Waals surface area contributed by atoms with Crippen molar-refractivity contribution in [1.82, 2.24) is 5.32 Å². The van der Waals surface area contributed by atoms with E-state index < -0.39 is 12.1 Å². The van der Waals surface area contributed by atoms with Gasteiger partial charge in [0.15, 0.2) is 0 Å². The maximum absolute atomic E-state index is 10.6. The van der Waals surface area contributed by atoms with Crippen LogP contribution in [0.25, 0.3) is 0 Å². The van der Waals surface area contributed by atoms with E-state index in [0.717, 1.165) is 37.0 Å². The number of rotatable bonds is 0. The summed E-state index contributed by atoms with van der Waals surface area (Å²) in [6.45, 7) is 2.10. The van der Waals surface area contributed by atoms with Crippen molar-refractivity contribution in [2.45, 2.75) is 31.0 Å². The molecule has 0 atom stereocenters. The number of aliphatic carboxylic acids is 1. The molecular formula is C9H12BrF3N2O3. The SMILES string of the molecule is BrC1=NOC2(CCNCC2)C1.O=C(O)C(F)(F)F. The summed E-state index contributed by atoms with van der Waals surface area (Å²) in [6.07, 6.45) is -1.98. The smallest absolute Gasteiger partial charge is 0.475 e. The molecule has 0 amide bonds. The van der Waals surface area contributed by atoms with Crippen LogP contribution in [0.4, 0.5) is 13.2 Å². The number of hydrogen-bond acceptors (Lipinski definition) is 4. The first-order valence-corrected chi connectivity index (χ1v) is 5.96. The van der Waals surface area contributed by atoms with Crippen LogP contribution in [0.3, 0.4) is 0 Å². The molecule has 2 heterocycles. The molecule has 0 unspecified atom stereocenters. The van der Waals surface area contributed by atoms with Crippen LogP contribution in [-0.2, 0) is 9.63 Å². The van der Waals surface area contributed by atoms with Gasteiger partial charge in [0.05, 0.1) is 0 Å². The summed E-state index contributed by atoms with van der Waals surface area (Å²) in [7, 11) is 0. The standard InChI is InChI=1S/C7H11BrN2O.C2HF3O2/c8-6-5-7(11-10-6)1-3-9-4-2-7;3-2(4,5)1(6)7/h9H,1-5H2;(H,6,7). The van der Waals surface area contributed by atoms with Crippen molar-refractivity contribution < 1.29 is 27.9 Å². The molecule has 1 saturated heterocycles. The monoisotopic (exact) mass is 332 g/mol. The van der Waals surface area contributed by atoms with Gasteiger partial charge < -0.3 is 15.3 Å². The molecule has 5 nitrogen and oxygen atoms in total. The Kier molecular flexibility index (Phi) is 4.97. The Labute approximate surface area is 109 Å². The molecule has 0 radical (unpaired) electrons. The number of hydrogen-bond donors (Lipinski definition) is 2. The van der Waals surface area contributed by atoms with Crippen LogP contribution in [-0.4, -0.2) is 40.6 Å². The Hall–Kier alpha value is -0.830. The fourth-order valence-electron chi connectivity index (χ4n) is 1.63. The van der Waals surface area contributed by atoms with Crippen LogP contribution in [0.5, 0.6) is 0 Å². The van der Waals surface area contributed by atoms with E-state index in [1.807, 2.05) is 0 Å². The fraction of sp³-hybridized carbons (Fsp3) is 0.778. The Morgan fingerprint density at radius 2 is 1.94 bits per heavy atom. The second kappa shape index (κ2) is 5.87. The predicted octanol–water partition coefficient (Wildman–Crippen LogP) is 1.87. The molecule has 104 valence electrons. The van der Waals surface area contributed by atoms with Gasteiger partial charge in [0.2, 0.25) is 0 Å². The third-order valence-electron chi connectivity index (χ3n) is 2.56. The summed E-state index contributed by atoms with van der Waals surface area (Å²) in [5, 5.41) is 14.3. The molecule has 9 heteroatoms. The largest absolute Gasteiger partial charge is 0.490 e. The van der Waals surface area contributed by atoms with Gasteiger partial charge in [-0.15, -0.1) is 0 Å². The molecule has 18 heavy (non-hydrogen) atoms. The van der Waals surface area contributed by atoms with Crippen LogP contribution < -0.4 is 5.32 Å². The van der Waals surface area contributed by atoms with Gasteiger partial charge in [-0.1, -0.05) is 5.16 Å². The van der Waals surface area contributed by atoms with Crippen molar-refractivity contribution in [1.29, 1.82) is 0 Å². The van der Waals surface area contributed by atoms with Gasteiger partial charge in [-0.05, 0) is 29.0 Å². The highest BCUT2D eigenvalue weighted by Gasteiger charge is 2.39. The number of piperidine rings is 1. The van der Waals surface area contributed by atoms with Crippen molar-refractivity contribution in [3.8, 4) is 0 Å². The molecule has 2 aliphatic heterocycles. The van der Waals surface area contributed by atoms with E-state index in [0.29, 0.717) is 0 Å². The zero-order valence-corrected chi connectivity index (χ0v) is 10.8. The van der Waals surface area contributed by atoms with Crippen LogP contribution in [0, 0.1) is 0 Å². The molecule has 1 fully saturated rings. The average molecular weight is 333 g/mol. The lowest BCUT2D eigenvalue weighted by atomic mass is 9.90. The third kappa shape index (κ3) is 4.45. The number of carboxylic acid groups (broad SMARTS) is 1. The van der Waals surface area contributed by atoms with Crippen molar-refractivity contribution in [3.05, 3.63) is 0 Å². The van der Waals surface area contributed by atoms with Crippen molar-refractivity contribution in [2.24, 2.45) is 5.16 Å². The molecule has 0 saturated carbocycles. The number of nitrogens with zero attached hydrogens (tertiary/aromatic N) is 1. The van der Waals surface area contributed by atoms with Gasteiger partial charge in [0.1, 0.15) is 10.2 Å². The van der Waals surface area contributed by atoms with Crippen molar-refractivity contribution in [3.63, 3.8) is 0 Å². The quantitative estimate of drug-likeness (QED) is 0.710. The van der Waals surface area contributed by atoms with Gasteiger partial charge in [-0.25, -0.2) is 4.79 Å². The molecule has 0 aromatic rings. The Bertz CT molecular complexity index is 340. The lowest BCUT2D eigenvalue weighted by molar-refractivity contribution is -0.192. The van der Waals surface area contributed by atoms with Gasteiger partial charge in [-0.2, -0.15) is 13.2 Å². The minimum atomic E-state index is -5.08. The highest BCUT2D eigenvalue weighted by Crippen LogP contribution is 2.33. The van der Waals surface area contributed by atoms with Crippen LogP contribution in [0.15, 0.2) is 5.16 Å².